The van der Waals surface area contributed by atoms with Gasteiger partial charge in [-0.3, -0.25) is 0 Å². The molecule has 3 aromatic rings. The summed E-state index contributed by atoms with van der Waals surface area (Å²) >= 11 is 18.0. The number of hydrogen-bond donors (Lipinski definition) is 1. The summed E-state index contributed by atoms with van der Waals surface area (Å²) in [7, 11) is 0. The second-order valence-electron chi connectivity index (χ2n) is 6.00. The number of H-pyrrole nitrogens is 1. The molecule has 0 aliphatic heterocycles. The highest BCUT2D eigenvalue weighted by Gasteiger charge is 2.14. The molecule has 0 saturated carbocycles. The Morgan fingerprint density at radius 3 is 2.59 bits per heavy atom. The Hall–Kier alpha value is -2.35. The molecule has 1 heterocycles. The van der Waals surface area contributed by atoms with Crippen LogP contribution in [0.4, 0.5) is 0 Å². The van der Waals surface area contributed by atoms with E-state index in [4.69, 9.17) is 44.9 Å². The van der Waals surface area contributed by atoms with Crippen molar-refractivity contribution in [2.24, 2.45) is 5.10 Å². The zero-order valence-electron chi connectivity index (χ0n) is 16.0. The van der Waals surface area contributed by atoms with Crippen LogP contribution in [0.3, 0.4) is 0 Å². The van der Waals surface area contributed by atoms with Crippen LogP contribution in [0.15, 0.2) is 41.5 Å². The predicted molar refractivity (Wildman–Crippen MR) is 119 cm³/mol. The zero-order chi connectivity index (χ0) is 20.8. The fraction of sp³-hybridized carbons (Fsp3) is 0.250. The van der Waals surface area contributed by atoms with E-state index in [1.807, 2.05) is 38.1 Å². The largest absolute Gasteiger partial charge is 0.493 e. The lowest BCUT2D eigenvalue weighted by molar-refractivity contribution is 0.318. The lowest BCUT2D eigenvalue weighted by atomic mass is 10.2. The van der Waals surface area contributed by atoms with Crippen molar-refractivity contribution in [2.45, 2.75) is 20.3 Å². The highest BCUT2D eigenvalue weighted by molar-refractivity contribution is 7.71. The molecule has 3 rings (SSSR count). The molecule has 0 aliphatic carbocycles. The Morgan fingerprint density at radius 2 is 1.90 bits per heavy atom. The normalized spacial score (nSPS) is 11.2. The van der Waals surface area contributed by atoms with Gasteiger partial charge < -0.3 is 9.47 Å². The molecule has 0 spiro atoms. The molecular weight excluding hydrogens is 431 g/mol. The van der Waals surface area contributed by atoms with E-state index in [1.54, 1.807) is 18.3 Å². The molecule has 1 N–H and O–H groups in total. The van der Waals surface area contributed by atoms with Crippen LogP contribution >= 0.6 is 35.4 Å². The number of nitrogens with zero attached hydrogens (tertiary/aromatic N) is 3. The molecule has 0 unspecified atom stereocenters. The zero-order valence-corrected chi connectivity index (χ0v) is 18.3. The van der Waals surface area contributed by atoms with Crippen molar-refractivity contribution in [3.8, 4) is 22.9 Å². The molecule has 0 saturated heterocycles. The maximum absolute atomic E-state index is 6.31. The van der Waals surface area contributed by atoms with Crippen LogP contribution in [-0.4, -0.2) is 34.3 Å². The monoisotopic (exact) mass is 450 g/mol. The summed E-state index contributed by atoms with van der Waals surface area (Å²) in [5.41, 5.74) is 1.48. The first-order chi connectivity index (χ1) is 14.0. The number of hydrogen-bond acceptors (Lipinski definition) is 5. The summed E-state index contributed by atoms with van der Waals surface area (Å²) in [6.45, 7) is 5.01. The number of ether oxygens (including phenoxy) is 2. The summed E-state index contributed by atoms with van der Waals surface area (Å²) < 4.78 is 13.2. The topological polar surface area (TPSA) is 64.4 Å². The Labute approximate surface area is 184 Å². The SMILES string of the molecule is CCCOc1c(Cl)cc(/C=N\n2c(-c3ccccc3OCC)n[nH]c2=S)cc1Cl. The molecule has 0 radical (unpaired) electrons. The van der Waals surface area contributed by atoms with E-state index < -0.39 is 0 Å². The van der Waals surface area contributed by atoms with Crippen molar-refractivity contribution in [1.82, 2.24) is 14.9 Å². The number of aromatic amines is 1. The van der Waals surface area contributed by atoms with Gasteiger partial charge in [0.05, 0.1) is 35.0 Å². The molecule has 9 heteroatoms. The van der Waals surface area contributed by atoms with E-state index >= 15 is 0 Å². The number of aromatic nitrogens is 3. The Kier molecular flexibility index (Phi) is 7.30. The molecule has 6 nitrogen and oxygen atoms in total. The van der Waals surface area contributed by atoms with Crippen molar-refractivity contribution < 1.29 is 9.47 Å². The van der Waals surface area contributed by atoms with Crippen molar-refractivity contribution in [1.29, 1.82) is 0 Å². The first kappa shape index (κ1) is 21.4. The van der Waals surface area contributed by atoms with Gasteiger partial charge in [-0.2, -0.15) is 14.9 Å². The van der Waals surface area contributed by atoms with Crippen LogP contribution in [-0.2, 0) is 0 Å². The molecule has 152 valence electrons. The van der Waals surface area contributed by atoms with E-state index in [1.165, 1.54) is 4.68 Å². The van der Waals surface area contributed by atoms with Crippen LogP contribution in [0.2, 0.25) is 10.0 Å². The van der Waals surface area contributed by atoms with Gasteiger partial charge >= 0.3 is 0 Å². The minimum absolute atomic E-state index is 0.350. The average molecular weight is 451 g/mol. The maximum Gasteiger partial charge on any atom is 0.216 e. The van der Waals surface area contributed by atoms with Crippen LogP contribution in [0.25, 0.3) is 11.4 Å². The summed E-state index contributed by atoms with van der Waals surface area (Å²) in [6.07, 6.45) is 2.47. The Morgan fingerprint density at radius 1 is 1.17 bits per heavy atom. The highest BCUT2D eigenvalue weighted by Crippen LogP contribution is 2.34. The quantitative estimate of drug-likeness (QED) is 0.338. The van der Waals surface area contributed by atoms with E-state index in [0.717, 1.165) is 12.0 Å². The third-order valence-electron chi connectivity index (χ3n) is 3.87. The van der Waals surface area contributed by atoms with E-state index in [0.29, 0.717) is 50.9 Å². The lowest BCUT2D eigenvalue weighted by Gasteiger charge is -2.10. The van der Waals surface area contributed by atoms with Gasteiger partial charge in [0, 0.05) is 0 Å². The van der Waals surface area contributed by atoms with Gasteiger partial charge in [-0.15, -0.1) is 0 Å². The van der Waals surface area contributed by atoms with Crippen molar-refractivity contribution in [3.05, 3.63) is 56.8 Å². The smallest absolute Gasteiger partial charge is 0.216 e. The van der Waals surface area contributed by atoms with Gasteiger partial charge in [0.25, 0.3) is 0 Å². The van der Waals surface area contributed by atoms with Gasteiger partial charge in [0.1, 0.15) is 5.75 Å². The number of rotatable bonds is 8. The Balaban J connectivity index is 1.95. The molecule has 0 amide bonds. The Bertz CT molecular complexity index is 1060. The molecule has 2 aromatic carbocycles. The van der Waals surface area contributed by atoms with E-state index in [9.17, 15) is 0 Å². The van der Waals surface area contributed by atoms with Crippen LogP contribution in [0.5, 0.6) is 11.5 Å². The molecular formula is C20H20Cl2N4O2S. The minimum Gasteiger partial charge on any atom is -0.493 e. The third-order valence-corrected chi connectivity index (χ3v) is 4.70. The van der Waals surface area contributed by atoms with Gasteiger partial charge in [-0.1, -0.05) is 42.3 Å². The molecule has 0 bridgehead atoms. The third kappa shape index (κ3) is 4.98. The fourth-order valence-electron chi connectivity index (χ4n) is 2.63. The second-order valence-corrected chi connectivity index (χ2v) is 7.20. The van der Waals surface area contributed by atoms with Crippen LogP contribution in [0.1, 0.15) is 25.8 Å². The first-order valence-corrected chi connectivity index (χ1v) is 10.3. The molecule has 0 atom stereocenters. The van der Waals surface area contributed by atoms with Gasteiger partial charge in [-0.25, -0.2) is 5.10 Å². The van der Waals surface area contributed by atoms with E-state index in [2.05, 4.69) is 15.3 Å². The summed E-state index contributed by atoms with van der Waals surface area (Å²) in [4.78, 5) is 0. The summed E-state index contributed by atoms with van der Waals surface area (Å²) in [5.74, 6) is 1.71. The molecule has 0 aliphatic rings. The minimum atomic E-state index is 0.350. The van der Waals surface area contributed by atoms with Crippen LogP contribution in [0, 0.1) is 4.77 Å². The molecule has 29 heavy (non-hydrogen) atoms. The van der Waals surface area contributed by atoms with Gasteiger partial charge in [0.2, 0.25) is 4.77 Å². The second kappa shape index (κ2) is 9.91. The van der Waals surface area contributed by atoms with Gasteiger partial charge in [0.15, 0.2) is 11.6 Å². The molecule has 1 aromatic heterocycles. The standard InChI is InChI=1S/C20H20Cl2N4O2S/c1-3-9-28-18-15(21)10-13(11-16(18)22)12-23-26-19(24-25-20(26)29)14-7-5-6-8-17(14)27-4-2/h5-8,10-12H,3-4,9H2,1-2H3,(H,25,29)/b23-12-. The van der Waals surface area contributed by atoms with Crippen molar-refractivity contribution in [2.75, 3.05) is 13.2 Å². The average Bonchev–Trinajstić information content (AvgIpc) is 3.07. The first-order valence-electron chi connectivity index (χ1n) is 9.11. The highest BCUT2D eigenvalue weighted by atomic mass is 35.5. The predicted octanol–water partition coefficient (Wildman–Crippen LogP) is 5.98. The number of para-hydroxylation sites is 1. The number of benzene rings is 2. The maximum atomic E-state index is 6.31. The van der Waals surface area contributed by atoms with Crippen molar-refractivity contribution in [3.63, 3.8) is 0 Å². The molecule has 0 fully saturated rings. The van der Waals surface area contributed by atoms with E-state index in [-0.39, 0.29) is 0 Å². The number of halogens is 2. The van der Waals surface area contributed by atoms with Crippen molar-refractivity contribution >= 4 is 41.6 Å². The lowest BCUT2D eigenvalue weighted by Crippen LogP contribution is -1.99. The van der Waals surface area contributed by atoms with Gasteiger partial charge in [-0.05, 0) is 55.4 Å². The fourth-order valence-corrected chi connectivity index (χ4v) is 3.42. The summed E-state index contributed by atoms with van der Waals surface area (Å²) in [5, 5.41) is 12.4. The van der Waals surface area contributed by atoms with Crippen LogP contribution < -0.4 is 9.47 Å². The number of nitrogens with one attached hydrogen (secondary N) is 1. The summed E-state index contributed by atoms with van der Waals surface area (Å²) in [6, 6.07) is 11.0.